The molecule has 1 aromatic heterocycles. The van der Waals surface area contributed by atoms with E-state index < -0.39 is 6.10 Å². The summed E-state index contributed by atoms with van der Waals surface area (Å²) in [7, 11) is 4.98. The topological polar surface area (TPSA) is 74.5 Å². The van der Waals surface area contributed by atoms with Gasteiger partial charge >= 0.3 is 5.69 Å². The van der Waals surface area contributed by atoms with Gasteiger partial charge in [-0.15, -0.1) is 0 Å². The lowest BCUT2D eigenvalue weighted by atomic mass is 10.2. The zero-order valence-electron chi connectivity index (χ0n) is 15.9. The molecule has 1 N–H and O–H groups in total. The molecule has 0 radical (unpaired) electrons. The first-order valence-electron chi connectivity index (χ1n) is 8.72. The van der Waals surface area contributed by atoms with Gasteiger partial charge in [-0.2, -0.15) is 0 Å². The van der Waals surface area contributed by atoms with Gasteiger partial charge in [0, 0.05) is 19.8 Å². The van der Waals surface area contributed by atoms with E-state index >= 15 is 0 Å². The molecular weight excluding hydrogens is 346 g/mol. The van der Waals surface area contributed by atoms with Crippen LogP contribution in [0.3, 0.4) is 0 Å². The quantitative estimate of drug-likeness (QED) is 0.725. The number of para-hydroxylation sites is 2. The van der Waals surface area contributed by atoms with Crippen LogP contribution in [-0.2, 0) is 18.9 Å². The number of hydrogen-bond donors (Lipinski definition) is 1. The Balaban J connectivity index is 1.81. The standard InChI is InChI=1S/C20H23N3O4/c1-5-16(27-18-9-7-6-8-17(18)26-4)19(24)21-13-10-11-14-15(12-13)23(3)20(25)22(14)2/h6-12,16H,5H2,1-4H3,(H,21,24)/t16-/m1/s1. The highest BCUT2D eigenvalue weighted by molar-refractivity contribution is 5.96. The largest absolute Gasteiger partial charge is 0.493 e. The Labute approximate surface area is 157 Å². The van der Waals surface area contributed by atoms with E-state index in [4.69, 9.17) is 9.47 Å². The van der Waals surface area contributed by atoms with Gasteiger partial charge in [0.25, 0.3) is 5.91 Å². The van der Waals surface area contributed by atoms with Crippen molar-refractivity contribution in [3.8, 4) is 11.5 Å². The van der Waals surface area contributed by atoms with Crippen molar-refractivity contribution in [1.29, 1.82) is 0 Å². The van der Waals surface area contributed by atoms with Crippen LogP contribution < -0.4 is 20.5 Å². The number of carbonyl (C=O) groups excluding carboxylic acids is 1. The molecule has 0 fully saturated rings. The predicted molar refractivity (Wildman–Crippen MR) is 104 cm³/mol. The highest BCUT2D eigenvalue weighted by Gasteiger charge is 2.20. The molecular formula is C20H23N3O4. The lowest BCUT2D eigenvalue weighted by Crippen LogP contribution is -2.32. The third-order valence-corrected chi connectivity index (χ3v) is 4.54. The average Bonchev–Trinajstić information content (AvgIpc) is 2.90. The van der Waals surface area contributed by atoms with E-state index in [1.807, 2.05) is 25.1 Å². The number of aryl methyl sites for hydroxylation is 2. The summed E-state index contributed by atoms with van der Waals surface area (Å²) in [5.74, 6) is 0.830. The van der Waals surface area contributed by atoms with Gasteiger partial charge in [-0.25, -0.2) is 4.79 Å². The van der Waals surface area contributed by atoms with Gasteiger partial charge in [-0.1, -0.05) is 19.1 Å². The highest BCUT2D eigenvalue weighted by Crippen LogP contribution is 2.27. The minimum Gasteiger partial charge on any atom is -0.493 e. The smallest absolute Gasteiger partial charge is 0.328 e. The molecule has 7 nitrogen and oxygen atoms in total. The van der Waals surface area contributed by atoms with Crippen LogP contribution in [-0.4, -0.2) is 28.3 Å². The molecule has 142 valence electrons. The van der Waals surface area contributed by atoms with E-state index in [1.165, 1.54) is 0 Å². The molecule has 7 heteroatoms. The second-order valence-corrected chi connectivity index (χ2v) is 6.26. The number of fused-ring (bicyclic) bond motifs is 1. The van der Waals surface area contributed by atoms with Crippen molar-refractivity contribution >= 4 is 22.6 Å². The van der Waals surface area contributed by atoms with Gasteiger partial charge in [-0.3, -0.25) is 13.9 Å². The van der Waals surface area contributed by atoms with Crippen LogP contribution in [0.5, 0.6) is 11.5 Å². The molecule has 0 aliphatic carbocycles. The minimum atomic E-state index is -0.670. The fraction of sp³-hybridized carbons (Fsp3) is 0.300. The van der Waals surface area contributed by atoms with Crippen molar-refractivity contribution in [1.82, 2.24) is 9.13 Å². The summed E-state index contributed by atoms with van der Waals surface area (Å²) in [6, 6.07) is 12.6. The first kappa shape index (κ1) is 18.6. The Morgan fingerprint density at radius 3 is 2.41 bits per heavy atom. The van der Waals surface area contributed by atoms with Crippen molar-refractivity contribution in [3.05, 3.63) is 52.9 Å². The first-order chi connectivity index (χ1) is 13.0. The summed E-state index contributed by atoms with van der Waals surface area (Å²) in [6.45, 7) is 1.88. The first-order valence-corrected chi connectivity index (χ1v) is 8.72. The van der Waals surface area contributed by atoms with Crippen LogP contribution in [0.15, 0.2) is 47.3 Å². The normalized spacial score (nSPS) is 12.0. The summed E-state index contributed by atoms with van der Waals surface area (Å²) < 4.78 is 14.2. The third kappa shape index (κ3) is 3.53. The van der Waals surface area contributed by atoms with Crippen molar-refractivity contribution in [2.75, 3.05) is 12.4 Å². The van der Waals surface area contributed by atoms with Crippen molar-refractivity contribution in [2.45, 2.75) is 19.4 Å². The Hall–Kier alpha value is -3.22. The summed E-state index contributed by atoms with van der Waals surface area (Å²) in [6.07, 6.45) is -0.174. The molecule has 1 amide bonds. The Morgan fingerprint density at radius 1 is 1.07 bits per heavy atom. The molecule has 1 atom stereocenters. The molecule has 0 spiro atoms. The number of nitrogens with zero attached hydrogens (tertiary/aromatic N) is 2. The van der Waals surface area contributed by atoms with Crippen LogP contribution >= 0.6 is 0 Å². The number of rotatable bonds is 6. The summed E-state index contributed by atoms with van der Waals surface area (Å²) >= 11 is 0. The second-order valence-electron chi connectivity index (χ2n) is 6.26. The van der Waals surface area contributed by atoms with E-state index in [2.05, 4.69) is 5.32 Å². The van der Waals surface area contributed by atoms with E-state index in [-0.39, 0.29) is 11.6 Å². The molecule has 27 heavy (non-hydrogen) atoms. The van der Waals surface area contributed by atoms with E-state index in [0.29, 0.717) is 23.6 Å². The molecule has 2 aromatic carbocycles. The maximum atomic E-state index is 12.7. The Morgan fingerprint density at radius 2 is 1.74 bits per heavy atom. The van der Waals surface area contributed by atoms with Crippen LogP contribution in [0.2, 0.25) is 0 Å². The molecule has 3 rings (SSSR count). The maximum Gasteiger partial charge on any atom is 0.328 e. The number of benzene rings is 2. The van der Waals surface area contributed by atoms with Crippen LogP contribution in [0, 0.1) is 0 Å². The van der Waals surface area contributed by atoms with Gasteiger partial charge in [0.05, 0.1) is 18.1 Å². The number of nitrogens with one attached hydrogen (secondary N) is 1. The maximum absolute atomic E-state index is 12.7. The second kappa shape index (κ2) is 7.57. The number of imidazole rings is 1. The summed E-state index contributed by atoms with van der Waals surface area (Å²) in [5.41, 5.74) is 2.05. The zero-order valence-corrected chi connectivity index (χ0v) is 15.9. The Kier molecular flexibility index (Phi) is 5.21. The number of methoxy groups -OCH3 is 1. The van der Waals surface area contributed by atoms with Gasteiger partial charge in [0.2, 0.25) is 0 Å². The van der Waals surface area contributed by atoms with Crippen molar-refractivity contribution < 1.29 is 14.3 Å². The third-order valence-electron chi connectivity index (χ3n) is 4.54. The van der Waals surface area contributed by atoms with Crippen molar-refractivity contribution in [3.63, 3.8) is 0 Å². The summed E-state index contributed by atoms with van der Waals surface area (Å²) in [4.78, 5) is 24.7. The monoisotopic (exact) mass is 369 g/mol. The molecule has 0 aliphatic heterocycles. The van der Waals surface area contributed by atoms with Gasteiger partial charge in [-0.05, 0) is 36.8 Å². The van der Waals surface area contributed by atoms with Crippen LogP contribution in [0.1, 0.15) is 13.3 Å². The lowest BCUT2D eigenvalue weighted by Gasteiger charge is -2.19. The highest BCUT2D eigenvalue weighted by atomic mass is 16.5. The molecule has 0 bridgehead atoms. The van der Waals surface area contributed by atoms with E-state index in [1.54, 1.807) is 54.6 Å². The lowest BCUT2D eigenvalue weighted by molar-refractivity contribution is -0.122. The number of aromatic nitrogens is 2. The molecule has 1 heterocycles. The van der Waals surface area contributed by atoms with E-state index in [0.717, 1.165) is 11.0 Å². The molecule has 3 aromatic rings. The van der Waals surface area contributed by atoms with E-state index in [9.17, 15) is 9.59 Å². The fourth-order valence-corrected chi connectivity index (χ4v) is 3.00. The fourth-order valence-electron chi connectivity index (χ4n) is 3.00. The molecule has 0 saturated carbocycles. The number of amides is 1. The van der Waals surface area contributed by atoms with Crippen LogP contribution in [0.25, 0.3) is 11.0 Å². The van der Waals surface area contributed by atoms with Crippen molar-refractivity contribution in [2.24, 2.45) is 14.1 Å². The summed E-state index contributed by atoms with van der Waals surface area (Å²) in [5, 5.41) is 2.87. The Bertz CT molecular complexity index is 1040. The number of ether oxygens (including phenoxy) is 2. The number of anilines is 1. The van der Waals surface area contributed by atoms with Gasteiger partial charge in [0.1, 0.15) is 0 Å². The molecule has 0 unspecified atom stereocenters. The number of carbonyl (C=O) groups is 1. The molecule has 0 saturated heterocycles. The zero-order chi connectivity index (χ0) is 19.6. The minimum absolute atomic E-state index is 0.112. The predicted octanol–water partition coefficient (Wildman–Crippen LogP) is 2.68. The average molecular weight is 369 g/mol. The van der Waals surface area contributed by atoms with Gasteiger partial charge < -0.3 is 14.8 Å². The number of hydrogen-bond acceptors (Lipinski definition) is 4. The SMILES string of the molecule is CC[C@@H](Oc1ccccc1OC)C(=O)Nc1ccc2c(c1)n(C)c(=O)n2C. The van der Waals surface area contributed by atoms with Gasteiger partial charge in [0.15, 0.2) is 17.6 Å². The van der Waals surface area contributed by atoms with Crippen LogP contribution in [0.4, 0.5) is 5.69 Å². The molecule has 0 aliphatic rings.